The highest BCUT2D eigenvalue weighted by Gasteiger charge is 2.28. The number of esters is 1. The molecular weight excluding hydrogens is 254 g/mol. The lowest BCUT2D eigenvalue weighted by Gasteiger charge is -2.28. The molecule has 0 aromatic heterocycles. The molecule has 0 aliphatic carbocycles. The third kappa shape index (κ3) is 5.03. The maximum absolute atomic E-state index is 12.4. The molecule has 0 unspecified atom stereocenters. The summed E-state index contributed by atoms with van der Waals surface area (Å²) in [7, 11) is 0. The Morgan fingerprint density at radius 2 is 1.75 bits per heavy atom. The summed E-state index contributed by atoms with van der Waals surface area (Å²) in [4.78, 5) is 25.6. The van der Waals surface area contributed by atoms with Crippen LogP contribution in [0.25, 0.3) is 0 Å². The van der Waals surface area contributed by atoms with E-state index in [9.17, 15) is 9.59 Å². The van der Waals surface area contributed by atoms with E-state index in [0.29, 0.717) is 13.2 Å². The van der Waals surface area contributed by atoms with E-state index >= 15 is 0 Å². The second kappa shape index (κ2) is 7.08. The Balaban J connectivity index is 2.84. The highest BCUT2D eigenvalue weighted by Crippen LogP contribution is 2.19. The van der Waals surface area contributed by atoms with Crippen molar-refractivity contribution < 1.29 is 14.3 Å². The van der Waals surface area contributed by atoms with Gasteiger partial charge in [0.2, 0.25) is 5.91 Å². The molecular formula is C16H23NO3. The Hall–Kier alpha value is -1.84. The van der Waals surface area contributed by atoms with Crippen molar-refractivity contribution in [3.05, 3.63) is 35.9 Å². The average Bonchev–Trinajstić information content (AvgIpc) is 2.37. The number of hydrogen-bond acceptors (Lipinski definition) is 3. The number of amides is 1. The van der Waals surface area contributed by atoms with Crippen LogP contribution >= 0.6 is 0 Å². The van der Waals surface area contributed by atoms with Crippen LogP contribution in [-0.2, 0) is 20.9 Å². The van der Waals surface area contributed by atoms with E-state index < -0.39 is 5.41 Å². The number of benzene rings is 1. The van der Waals surface area contributed by atoms with E-state index in [1.165, 1.54) is 0 Å². The van der Waals surface area contributed by atoms with Crippen LogP contribution in [0.2, 0.25) is 0 Å². The number of rotatable bonds is 5. The second-order valence-electron chi connectivity index (χ2n) is 5.70. The molecule has 0 spiro atoms. The molecule has 1 rings (SSSR count). The van der Waals surface area contributed by atoms with Crippen molar-refractivity contribution in [2.75, 3.05) is 13.2 Å². The van der Waals surface area contributed by atoms with Crippen molar-refractivity contribution >= 4 is 11.9 Å². The molecule has 0 bridgehead atoms. The maximum atomic E-state index is 12.4. The second-order valence-corrected chi connectivity index (χ2v) is 5.70. The van der Waals surface area contributed by atoms with Crippen molar-refractivity contribution in [3.63, 3.8) is 0 Å². The molecule has 0 N–H and O–H groups in total. The Kier molecular flexibility index (Phi) is 5.74. The normalized spacial score (nSPS) is 11.0. The van der Waals surface area contributed by atoms with Gasteiger partial charge in [-0.05, 0) is 12.5 Å². The zero-order valence-corrected chi connectivity index (χ0v) is 12.7. The minimum Gasteiger partial charge on any atom is -0.465 e. The van der Waals surface area contributed by atoms with Gasteiger partial charge < -0.3 is 9.64 Å². The fraction of sp³-hybridized carbons (Fsp3) is 0.500. The van der Waals surface area contributed by atoms with Crippen LogP contribution in [0.4, 0.5) is 0 Å². The van der Waals surface area contributed by atoms with Gasteiger partial charge in [0.15, 0.2) is 0 Å². The van der Waals surface area contributed by atoms with Gasteiger partial charge in [0.05, 0.1) is 6.61 Å². The highest BCUT2D eigenvalue weighted by molar-refractivity contribution is 5.85. The number of ether oxygens (including phenoxy) is 1. The number of carbonyl (C=O) groups is 2. The fourth-order valence-corrected chi connectivity index (χ4v) is 1.84. The van der Waals surface area contributed by atoms with Gasteiger partial charge in [0, 0.05) is 12.0 Å². The molecule has 1 aromatic carbocycles. The van der Waals surface area contributed by atoms with E-state index in [0.717, 1.165) is 5.56 Å². The minimum absolute atomic E-state index is 0.0150. The predicted molar refractivity (Wildman–Crippen MR) is 77.9 cm³/mol. The largest absolute Gasteiger partial charge is 0.465 e. The molecule has 0 aliphatic rings. The van der Waals surface area contributed by atoms with Gasteiger partial charge in [0.25, 0.3) is 0 Å². The first-order chi connectivity index (χ1) is 9.34. The fourth-order valence-electron chi connectivity index (χ4n) is 1.84. The molecule has 110 valence electrons. The summed E-state index contributed by atoms with van der Waals surface area (Å²) >= 11 is 0. The van der Waals surface area contributed by atoms with Crippen molar-refractivity contribution in [1.82, 2.24) is 4.90 Å². The molecule has 0 saturated carbocycles. The summed E-state index contributed by atoms with van der Waals surface area (Å²) in [5.74, 6) is -0.435. The standard InChI is InChI=1S/C16H23NO3/c1-5-20-14(18)12-17(15(19)16(2,3)4)11-13-9-7-6-8-10-13/h6-10H,5,11-12H2,1-4H3. The molecule has 1 aromatic rings. The van der Waals surface area contributed by atoms with Gasteiger partial charge in [-0.1, -0.05) is 51.1 Å². The van der Waals surface area contributed by atoms with Crippen LogP contribution < -0.4 is 0 Å². The van der Waals surface area contributed by atoms with Gasteiger partial charge >= 0.3 is 5.97 Å². The molecule has 4 nitrogen and oxygen atoms in total. The Labute approximate surface area is 120 Å². The Bertz CT molecular complexity index is 449. The van der Waals surface area contributed by atoms with Gasteiger partial charge in [-0.15, -0.1) is 0 Å². The molecule has 0 fully saturated rings. The molecule has 0 aliphatic heterocycles. The summed E-state index contributed by atoms with van der Waals surface area (Å²) in [6.45, 7) is 8.01. The average molecular weight is 277 g/mol. The molecule has 0 atom stereocenters. The Morgan fingerprint density at radius 1 is 1.15 bits per heavy atom. The first kappa shape index (κ1) is 16.2. The highest BCUT2D eigenvalue weighted by atomic mass is 16.5. The molecule has 20 heavy (non-hydrogen) atoms. The third-order valence-electron chi connectivity index (χ3n) is 2.77. The summed E-state index contributed by atoms with van der Waals surface area (Å²) in [5.41, 5.74) is 0.468. The van der Waals surface area contributed by atoms with Gasteiger partial charge in [-0.3, -0.25) is 9.59 Å². The van der Waals surface area contributed by atoms with Crippen LogP contribution in [0.15, 0.2) is 30.3 Å². The third-order valence-corrected chi connectivity index (χ3v) is 2.77. The number of hydrogen-bond donors (Lipinski definition) is 0. The first-order valence-electron chi connectivity index (χ1n) is 6.83. The smallest absolute Gasteiger partial charge is 0.325 e. The van der Waals surface area contributed by atoms with Crippen molar-refractivity contribution in [2.24, 2.45) is 5.41 Å². The molecule has 0 heterocycles. The molecule has 4 heteroatoms. The monoisotopic (exact) mass is 277 g/mol. The zero-order chi connectivity index (χ0) is 15.2. The summed E-state index contributed by atoms with van der Waals surface area (Å²) in [6, 6.07) is 9.63. The van der Waals surface area contributed by atoms with Gasteiger partial charge in [-0.25, -0.2) is 0 Å². The van der Waals surface area contributed by atoms with Crippen molar-refractivity contribution in [2.45, 2.75) is 34.2 Å². The summed E-state index contributed by atoms with van der Waals surface area (Å²) in [5, 5.41) is 0. The lowest BCUT2D eigenvalue weighted by molar-refractivity contribution is -0.152. The Morgan fingerprint density at radius 3 is 2.25 bits per heavy atom. The minimum atomic E-state index is -0.527. The van der Waals surface area contributed by atoms with Crippen LogP contribution in [0.5, 0.6) is 0 Å². The lowest BCUT2D eigenvalue weighted by atomic mass is 9.94. The number of nitrogens with zero attached hydrogens (tertiary/aromatic N) is 1. The van der Waals surface area contributed by atoms with Crippen LogP contribution in [-0.4, -0.2) is 29.9 Å². The van der Waals surface area contributed by atoms with Crippen LogP contribution in [0.1, 0.15) is 33.3 Å². The van der Waals surface area contributed by atoms with Crippen LogP contribution in [0.3, 0.4) is 0 Å². The van der Waals surface area contributed by atoms with E-state index in [1.807, 2.05) is 51.1 Å². The first-order valence-corrected chi connectivity index (χ1v) is 6.83. The van der Waals surface area contributed by atoms with Gasteiger partial charge in [0.1, 0.15) is 6.54 Å². The SMILES string of the molecule is CCOC(=O)CN(Cc1ccccc1)C(=O)C(C)(C)C. The molecule has 0 radical (unpaired) electrons. The predicted octanol–water partition coefficient (Wildman–Crippen LogP) is 2.62. The zero-order valence-electron chi connectivity index (χ0n) is 12.7. The van der Waals surface area contributed by atoms with Crippen LogP contribution in [0, 0.1) is 5.41 Å². The molecule has 0 saturated heterocycles. The lowest BCUT2D eigenvalue weighted by Crippen LogP contribution is -2.42. The topological polar surface area (TPSA) is 46.6 Å². The van der Waals surface area contributed by atoms with E-state index in [1.54, 1.807) is 11.8 Å². The van der Waals surface area contributed by atoms with E-state index in [-0.39, 0.29) is 18.4 Å². The number of carbonyl (C=O) groups excluding carboxylic acids is 2. The van der Waals surface area contributed by atoms with E-state index in [2.05, 4.69) is 0 Å². The maximum Gasteiger partial charge on any atom is 0.325 e. The quantitative estimate of drug-likeness (QED) is 0.777. The summed E-state index contributed by atoms with van der Waals surface area (Å²) < 4.78 is 4.94. The summed E-state index contributed by atoms with van der Waals surface area (Å²) in [6.07, 6.45) is 0. The van der Waals surface area contributed by atoms with Crippen molar-refractivity contribution in [1.29, 1.82) is 0 Å². The molecule has 1 amide bonds. The van der Waals surface area contributed by atoms with E-state index in [4.69, 9.17) is 4.74 Å². The van der Waals surface area contributed by atoms with Crippen molar-refractivity contribution in [3.8, 4) is 0 Å². The van der Waals surface area contributed by atoms with Gasteiger partial charge in [-0.2, -0.15) is 0 Å².